The third-order valence-electron chi connectivity index (χ3n) is 6.39. The summed E-state index contributed by atoms with van der Waals surface area (Å²) in [5.41, 5.74) is 5.52. The van der Waals surface area contributed by atoms with Crippen molar-refractivity contribution in [3.63, 3.8) is 0 Å². The molecule has 3 aromatic rings. The Kier molecular flexibility index (Phi) is 6.53. The molecule has 2 aliphatic heterocycles. The molecule has 0 atom stereocenters. The number of likely N-dealkylation sites (N-methyl/N-ethyl adjacent to an activating group) is 1. The van der Waals surface area contributed by atoms with Crippen molar-refractivity contribution >= 4 is 40.6 Å². The summed E-state index contributed by atoms with van der Waals surface area (Å²) >= 11 is 0. The monoisotopic (exact) mass is 452 g/mol. The van der Waals surface area contributed by atoms with E-state index in [-0.39, 0.29) is 24.9 Å². The Morgan fingerprint density at radius 2 is 1.81 bits per heavy atom. The highest BCUT2D eigenvalue weighted by molar-refractivity contribution is 5.97. The van der Waals surface area contributed by atoms with Crippen LogP contribution in [0.3, 0.4) is 0 Å². The first-order valence-electron chi connectivity index (χ1n) is 10.9. The van der Waals surface area contributed by atoms with Gasteiger partial charge < -0.3 is 14.5 Å². The summed E-state index contributed by atoms with van der Waals surface area (Å²) in [5, 5.41) is 1.23. The minimum Gasteiger partial charge on any atom is -0.482 e. The number of hydrogen-bond donors (Lipinski definition) is 0. The second-order valence-electron chi connectivity index (χ2n) is 8.42. The zero-order valence-corrected chi connectivity index (χ0v) is 19.4. The number of aromatic nitrogens is 1. The SMILES string of the molecule is Cc1ccc2c(N3CCN(CCc4ccc5c(c4)N(C)C(=O)CO5)CC3)cccc2n1.Cl. The third-order valence-corrected chi connectivity index (χ3v) is 6.39. The second kappa shape index (κ2) is 9.35. The maximum absolute atomic E-state index is 11.9. The van der Waals surface area contributed by atoms with Crippen LogP contribution in [0.5, 0.6) is 5.75 Å². The van der Waals surface area contributed by atoms with E-state index in [0.29, 0.717) is 0 Å². The van der Waals surface area contributed by atoms with Gasteiger partial charge in [-0.15, -0.1) is 12.4 Å². The van der Waals surface area contributed by atoms with Gasteiger partial charge >= 0.3 is 0 Å². The minimum atomic E-state index is -0.000400. The van der Waals surface area contributed by atoms with Gasteiger partial charge in [0, 0.05) is 56.5 Å². The Hall–Kier alpha value is -2.83. The molecular formula is C25H29ClN4O2. The topological polar surface area (TPSA) is 48.9 Å². The summed E-state index contributed by atoms with van der Waals surface area (Å²) in [6.07, 6.45) is 0.965. The molecule has 1 amide bonds. The number of halogens is 1. The van der Waals surface area contributed by atoms with Gasteiger partial charge in [0.2, 0.25) is 0 Å². The van der Waals surface area contributed by atoms with Crippen molar-refractivity contribution in [2.75, 3.05) is 56.2 Å². The van der Waals surface area contributed by atoms with Crippen molar-refractivity contribution in [2.45, 2.75) is 13.3 Å². The molecule has 168 valence electrons. The van der Waals surface area contributed by atoms with Crippen molar-refractivity contribution in [3.05, 3.63) is 59.8 Å². The van der Waals surface area contributed by atoms with Gasteiger partial charge in [-0.05, 0) is 55.3 Å². The predicted octanol–water partition coefficient (Wildman–Crippen LogP) is 3.68. The van der Waals surface area contributed by atoms with Crippen molar-refractivity contribution in [1.29, 1.82) is 0 Å². The number of carbonyl (C=O) groups is 1. The lowest BCUT2D eigenvalue weighted by atomic mass is 10.1. The molecule has 6 nitrogen and oxygen atoms in total. The smallest absolute Gasteiger partial charge is 0.264 e. The van der Waals surface area contributed by atoms with Crippen LogP contribution in [0.2, 0.25) is 0 Å². The third kappa shape index (κ3) is 4.38. The number of benzene rings is 2. The Morgan fingerprint density at radius 3 is 2.62 bits per heavy atom. The van der Waals surface area contributed by atoms with Crippen LogP contribution in [0.1, 0.15) is 11.3 Å². The molecule has 1 aromatic heterocycles. The lowest BCUT2D eigenvalue weighted by molar-refractivity contribution is -0.120. The van der Waals surface area contributed by atoms with Crippen LogP contribution in [0.4, 0.5) is 11.4 Å². The molecule has 1 fully saturated rings. The highest BCUT2D eigenvalue weighted by Crippen LogP contribution is 2.32. The molecule has 0 bridgehead atoms. The predicted molar refractivity (Wildman–Crippen MR) is 131 cm³/mol. The number of aryl methyl sites for hydroxylation is 1. The highest BCUT2D eigenvalue weighted by atomic mass is 35.5. The van der Waals surface area contributed by atoms with Crippen LogP contribution in [0, 0.1) is 6.92 Å². The van der Waals surface area contributed by atoms with E-state index in [4.69, 9.17) is 4.74 Å². The van der Waals surface area contributed by atoms with Crippen LogP contribution in [0.15, 0.2) is 48.5 Å². The van der Waals surface area contributed by atoms with Crippen LogP contribution >= 0.6 is 12.4 Å². The second-order valence-corrected chi connectivity index (χ2v) is 8.42. The molecular weight excluding hydrogens is 424 g/mol. The van der Waals surface area contributed by atoms with E-state index in [1.807, 2.05) is 20.0 Å². The van der Waals surface area contributed by atoms with Gasteiger partial charge in [0.25, 0.3) is 5.91 Å². The fourth-order valence-electron chi connectivity index (χ4n) is 4.49. The van der Waals surface area contributed by atoms with Gasteiger partial charge in [0.1, 0.15) is 5.75 Å². The van der Waals surface area contributed by atoms with Gasteiger partial charge in [-0.1, -0.05) is 12.1 Å². The number of piperazine rings is 1. The highest BCUT2D eigenvalue weighted by Gasteiger charge is 2.23. The zero-order chi connectivity index (χ0) is 21.4. The van der Waals surface area contributed by atoms with E-state index in [2.05, 4.69) is 57.2 Å². The summed E-state index contributed by atoms with van der Waals surface area (Å²) < 4.78 is 5.53. The number of fused-ring (bicyclic) bond motifs is 2. The molecule has 5 rings (SSSR count). The Balaban J connectivity index is 0.00000245. The van der Waals surface area contributed by atoms with Gasteiger partial charge in [0.05, 0.1) is 11.2 Å². The van der Waals surface area contributed by atoms with Crippen LogP contribution < -0.4 is 14.5 Å². The quantitative estimate of drug-likeness (QED) is 0.604. The van der Waals surface area contributed by atoms with Crippen molar-refractivity contribution < 1.29 is 9.53 Å². The minimum absolute atomic E-state index is 0. The van der Waals surface area contributed by atoms with E-state index in [1.165, 1.54) is 16.6 Å². The molecule has 0 aliphatic carbocycles. The molecule has 0 unspecified atom stereocenters. The summed E-state index contributed by atoms with van der Waals surface area (Å²) in [7, 11) is 1.82. The van der Waals surface area contributed by atoms with E-state index < -0.39 is 0 Å². The summed E-state index contributed by atoms with van der Waals surface area (Å²) in [6, 6.07) is 16.9. The number of ether oxygens (including phenoxy) is 1. The van der Waals surface area contributed by atoms with Gasteiger partial charge in [-0.25, -0.2) is 0 Å². The van der Waals surface area contributed by atoms with Gasteiger partial charge in [-0.3, -0.25) is 14.7 Å². The molecule has 7 heteroatoms. The molecule has 0 N–H and O–H groups in total. The molecule has 0 radical (unpaired) electrons. The maximum atomic E-state index is 11.9. The number of rotatable bonds is 4. The summed E-state index contributed by atoms with van der Waals surface area (Å²) in [5.74, 6) is 0.791. The summed E-state index contributed by atoms with van der Waals surface area (Å²) in [4.78, 5) is 23.3. The number of anilines is 2. The Labute approximate surface area is 195 Å². The first-order chi connectivity index (χ1) is 15.1. The molecule has 32 heavy (non-hydrogen) atoms. The average Bonchev–Trinajstić information content (AvgIpc) is 2.80. The number of pyridine rings is 1. The number of nitrogens with zero attached hydrogens (tertiary/aromatic N) is 4. The van der Waals surface area contributed by atoms with Crippen LogP contribution in [0.25, 0.3) is 10.9 Å². The van der Waals surface area contributed by atoms with E-state index in [9.17, 15) is 4.79 Å². The number of carbonyl (C=O) groups excluding carboxylic acids is 1. The molecule has 0 saturated carbocycles. The Bertz CT molecular complexity index is 1130. The van der Waals surface area contributed by atoms with Gasteiger partial charge in [-0.2, -0.15) is 0 Å². The zero-order valence-electron chi connectivity index (χ0n) is 18.6. The molecule has 0 spiro atoms. The van der Waals surface area contributed by atoms with Crippen molar-refractivity contribution in [2.24, 2.45) is 0 Å². The van der Waals surface area contributed by atoms with Crippen molar-refractivity contribution in [1.82, 2.24) is 9.88 Å². The van der Waals surface area contributed by atoms with Crippen molar-refractivity contribution in [3.8, 4) is 5.75 Å². The fraction of sp³-hybridized carbons (Fsp3) is 0.360. The average molecular weight is 453 g/mol. The number of amides is 1. The normalized spacial score (nSPS) is 16.5. The summed E-state index contributed by atoms with van der Waals surface area (Å²) in [6.45, 7) is 7.30. The van der Waals surface area contributed by atoms with E-state index in [1.54, 1.807) is 4.90 Å². The molecule has 2 aromatic carbocycles. The standard InChI is InChI=1S/C25H28N4O2.ClH/c1-18-6-8-20-21(26-18)4-3-5-22(20)29-14-12-28(13-15-29)11-10-19-7-9-24-23(16-19)27(2)25(30)17-31-24;/h3-9,16H,10-15,17H2,1-2H3;1H. The lowest BCUT2D eigenvalue weighted by Crippen LogP contribution is -2.47. The first-order valence-corrected chi connectivity index (χ1v) is 10.9. The molecule has 3 heterocycles. The molecule has 2 aliphatic rings. The Morgan fingerprint density at radius 1 is 1.00 bits per heavy atom. The fourth-order valence-corrected chi connectivity index (χ4v) is 4.49. The lowest BCUT2D eigenvalue weighted by Gasteiger charge is -2.36. The maximum Gasteiger partial charge on any atom is 0.264 e. The number of hydrogen-bond acceptors (Lipinski definition) is 5. The van der Waals surface area contributed by atoms with Crippen LogP contribution in [-0.4, -0.2) is 62.2 Å². The van der Waals surface area contributed by atoms with E-state index in [0.717, 1.165) is 61.8 Å². The van der Waals surface area contributed by atoms with Gasteiger partial charge in [0.15, 0.2) is 6.61 Å². The van der Waals surface area contributed by atoms with Crippen LogP contribution in [-0.2, 0) is 11.2 Å². The largest absolute Gasteiger partial charge is 0.482 e. The van der Waals surface area contributed by atoms with E-state index >= 15 is 0 Å². The first kappa shape index (κ1) is 22.4. The molecule has 1 saturated heterocycles.